The standard InChI is InChI=1S/C21H19ClFNO5/c1-21(28)11(6-7-24(21)2)17-13(25)8-14(26)18-15(27)9-16(29-20(17)18)10-4-3-5-12(23)19(10)22/h3-5,8-9,11,25-26,28H,6-7H2,1-2H3. The van der Waals surface area contributed by atoms with Crippen LogP contribution in [-0.2, 0) is 0 Å². The highest BCUT2D eigenvalue weighted by atomic mass is 35.5. The first-order chi connectivity index (χ1) is 13.6. The summed E-state index contributed by atoms with van der Waals surface area (Å²) in [5, 5.41) is 31.4. The molecular formula is C21H19ClFNO5. The fraction of sp³-hybridized carbons (Fsp3) is 0.286. The minimum Gasteiger partial charge on any atom is -0.507 e. The topological polar surface area (TPSA) is 94.1 Å². The highest BCUT2D eigenvalue weighted by molar-refractivity contribution is 6.33. The summed E-state index contributed by atoms with van der Waals surface area (Å²) in [6.45, 7) is 2.16. The molecule has 2 unspecified atom stereocenters. The first kappa shape index (κ1) is 19.7. The molecule has 0 radical (unpaired) electrons. The van der Waals surface area contributed by atoms with Gasteiger partial charge in [-0.15, -0.1) is 0 Å². The average Bonchev–Trinajstić information content (AvgIpc) is 2.90. The van der Waals surface area contributed by atoms with Crippen molar-refractivity contribution in [3.63, 3.8) is 0 Å². The molecule has 1 fully saturated rings. The third kappa shape index (κ3) is 2.97. The van der Waals surface area contributed by atoms with Gasteiger partial charge in [-0.3, -0.25) is 9.69 Å². The molecule has 1 aromatic heterocycles. The smallest absolute Gasteiger partial charge is 0.197 e. The Labute approximate surface area is 170 Å². The Morgan fingerprint density at radius 3 is 2.66 bits per heavy atom. The zero-order valence-electron chi connectivity index (χ0n) is 15.7. The van der Waals surface area contributed by atoms with Crippen LogP contribution in [0.15, 0.2) is 39.5 Å². The summed E-state index contributed by atoms with van der Waals surface area (Å²) in [6.07, 6.45) is 0.492. The van der Waals surface area contributed by atoms with Crippen LogP contribution in [0.4, 0.5) is 4.39 Å². The molecule has 3 N–H and O–H groups in total. The van der Waals surface area contributed by atoms with Crippen LogP contribution in [0.5, 0.6) is 11.5 Å². The maximum Gasteiger partial charge on any atom is 0.197 e. The van der Waals surface area contributed by atoms with Crippen LogP contribution in [0.1, 0.15) is 24.8 Å². The maximum absolute atomic E-state index is 13.9. The van der Waals surface area contributed by atoms with Crippen molar-refractivity contribution in [2.24, 2.45) is 0 Å². The number of fused-ring (bicyclic) bond motifs is 1. The van der Waals surface area contributed by atoms with E-state index in [0.29, 0.717) is 13.0 Å². The van der Waals surface area contributed by atoms with E-state index in [4.69, 9.17) is 16.0 Å². The van der Waals surface area contributed by atoms with Crippen molar-refractivity contribution in [2.45, 2.75) is 25.0 Å². The fourth-order valence-electron chi connectivity index (χ4n) is 3.99. The molecule has 29 heavy (non-hydrogen) atoms. The lowest BCUT2D eigenvalue weighted by Gasteiger charge is -2.32. The highest BCUT2D eigenvalue weighted by Crippen LogP contribution is 2.47. The number of likely N-dealkylation sites (N-methyl/N-ethyl adjacent to an activating group) is 1. The summed E-state index contributed by atoms with van der Waals surface area (Å²) >= 11 is 6.04. The van der Waals surface area contributed by atoms with E-state index in [-0.39, 0.29) is 38.6 Å². The molecule has 2 heterocycles. The largest absolute Gasteiger partial charge is 0.507 e. The first-order valence-corrected chi connectivity index (χ1v) is 9.41. The number of aliphatic hydroxyl groups is 1. The second-order valence-corrected chi connectivity index (χ2v) is 7.84. The fourth-order valence-corrected chi connectivity index (χ4v) is 4.21. The zero-order valence-corrected chi connectivity index (χ0v) is 16.5. The molecule has 0 amide bonds. The predicted molar refractivity (Wildman–Crippen MR) is 107 cm³/mol. The third-order valence-electron chi connectivity index (χ3n) is 5.75. The summed E-state index contributed by atoms with van der Waals surface area (Å²) in [4.78, 5) is 14.5. The number of nitrogens with zero attached hydrogens (tertiary/aromatic N) is 1. The van der Waals surface area contributed by atoms with Crippen molar-refractivity contribution in [3.8, 4) is 22.8 Å². The number of hydrogen-bond donors (Lipinski definition) is 3. The molecule has 0 aliphatic carbocycles. The Bertz CT molecular complexity index is 1190. The van der Waals surface area contributed by atoms with Gasteiger partial charge in [-0.1, -0.05) is 17.7 Å². The van der Waals surface area contributed by atoms with Gasteiger partial charge in [0.05, 0.1) is 5.02 Å². The predicted octanol–water partition coefficient (Wildman–Crippen LogP) is 3.79. The molecule has 4 rings (SSSR count). The number of phenols is 2. The van der Waals surface area contributed by atoms with E-state index in [1.807, 2.05) is 0 Å². The molecule has 2 atom stereocenters. The first-order valence-electron chi connectivity index (χ1n) is 9.03. The Kier molecular flexibility index (Phi) is 4.57. The Balaban J connectivity index is 2.06. The van der Waals surface area contributed by atoms with Gasteiger partial charge in [-0.25, -0.2) is 4.39 Å². The third-order valence-corrected chi connectivity index (χ3v) is 6.13. The number of hydrogen-bond acceptors (Lipinski definition) is 6. The summed E-state index contributed by atoms with van der Waals surface area (Å²) in [7, 11) is 1.74. The summed E-state index contributed by atoms with van der Waals surface area (Å²) in [6, 6.07) is 6.29. The molecule has 0 bridgehead atoms. The van der Waals surface area contributed by atoms with Crippen molar-refractivity contribution in [1.29, 1.82) is 0 Å². The van der Waals surface area contributed by atoms with E-state index in [2.05, 4.69) is 0 Å². The molecule has 3 aromatic rings. The van der Waals surface area contributed by atoms with Crippen LogP contribution >= 0.6 is 11.6 Å². The lowest BCUT2D eigenvalue weighted by atomic mass is 9.87. The quantitative estimate of drug-likeness (QED) is 0.585. The normalized spacial score (nSPS) is 22.4. The van der Waals surface area contributed by atoms with E-state index in [1.165, 1.54) is 18.2 Å². The molecule has 2 aromatic carbocycles. The lowest BCUT2D eigenvalue weighted by molar-refractivity contribution is -0.0627. The van der Waals surface area contributed by atoms with Gasteiger partial charge in [-0.2, -0.15) is 0 Å². The Hall–Kier alpha value is -2.61. The maximum atomic E-state index is 13.9. The minimum atomic E-state index is -1.31. The molecule has 0 saturated carbocycles. The number of phenolic OH excluding ortho intramolecular Hbond substituents is 2. The number of aromatic hydroxyl groups is 2. The lowest BCUT2D eigenvalue weighted by Crippen LogP contribution is -2.41. The van der Waals surface area contributed by atoms with E-state index < -0.39 is 28.6 Å². The minimum absolute atomic E-state index is 0.00996. The van der Waals surface area contributed by atoms with Crippen molar-refractivity contribution >= 4 is 22.6 Å². The van der Waals surface area contributed by atoms with Gasteiger partial charge in [0.15, 0.2) is 5.43 Å². The Morgan fingerprint density at radius 2 is 2.00 bits per heavy atom. The van der Waals surface area contributed by atoms with Gasteiger partial charge >= 0.3 is 0 Å². The molecule has 1 aliphatic heterocycles. The van der Waals surface area contributed by atoms with Gasteiger partial charge in [0.1, 0.15) is 39.8 Å². The van der Waals surface area contributed by atoms with Crippen LogP contribution < -0.4 is 5.43 Å². The van der Waals surface area contributed by atoms with Crippen molar-refractivity contribution in [2.75, 3.05) is 13.6 Å². The van der Waals surface area contributed by atoms with E-state index in [0.717, 1.165) is 12.1 Å². The molecule has 8 heteroatoms. The number of halogens is 2. The van der Waals surface area contributed by atoms with E-state index in [9.17, 15) is 24.5 Å². The summed E-state index contributed by atoms with van der Waals surface area (Å²) in [5.41, 5.74) is -1.59. The molecule has 1 saturated heterocycles. The number of benzene rings is 2. The van der Waals surface area contributed by atoms with Crippen LogP contribution in [0.25, 0.3) is 22.3 Å². The SMILES string of the molecule is CN1CCC(c2c(O)cc(O)c3c(=O)cc(-c4cccc(F)c4Cl)oc23)C1(C)O. The van der Waals surface area contributed by atoms with Crippen LogP contribution in [0.2, 0.25) is 5.02 Å². The summed E-state index contributed by atoms with van der Waals surface area (Å²) < 4.78 is 19.8. The van der Waals surface area contributed by atoms with Gasteiger partial charge in [0, 0.05) is 35.7 Å². The van der Waals surface area contributed by atoms with Gasteiger partial charge in [0.25, 0.3) is 0 Å². The molecule has 152 valence electrons. The summed E-state index contributed by atoms with van der Waals surface area (Å²) in [5.74, 6) is -2.02. The van der Waals surface area contributed by atoms with Crippen LogP contribution in [0, 0.1) is 5.82 Å². The molecular weight excluding hydrogens is 401 g/mol. The average molecular weight is 420 g/mol. The Morgan fingerprint density at radius 1 is 1.28 bits per heavy atom. The van der Waals surface area contributed by atoms with Crippen LogP contribution in [0.3, 0.4) is 0 Å². The van der Waals surface area contributed by atoms with E-state index in [1.54, 1.807) is 18.9 Å². The van der Waals surface area contributed by atoms with Gasteiger partial charge in [0.2, 0.25) is 0 Å². The van der Waals surface area contributed by atoms with Crippen molar-refractivity contribution in [3.05, 3.63) is 57.0 Å². The number of rotatable bonds is 2. The van der Waals surface area contributed by atoms with Crippen LogP contribution in [-0.4, -0.2) is 39.5 Å². The second kappa shape index (κ2) is 6.73. The van der Waals surface area contributed by atoms with Gasteiger partial charge in [-0.05, 0) is 32.5 Å². The number of likely N-dealkylation sites (tertiary alicyclic amines) is 1. The van der Waals surface area contributed by atoms with Crippen molar-refractivity contribution in [1.82, 2.24) is 4.90 Å². The zero-order chi connectivity index (χ0) is 21.1. The van der Waals surface area contributed by atoms with Crippen molar-refractivity contribution < 1.29 is 24.1 Å². The highest BCUT2D eigenvalue weighted by Gasteiger charge is 2.45. The van der Waals surface area contributed by atoms with Gasteiger partial charge < -0.3 is 19.7 Å². The molecule has 0 spiro atoms. The molecule has 6 nitrogen and oxygen atoms in total. The monoisotopic (exact) mass is 419 g/mol. The molecule has 1 aliphatic rings. The second-order valence-electron chi connectivity index (χ2n) is 7.47. The van der Waals surface area contributed by atoms with E-state index >= 15 is 0 Å².